The second-order valence-corrected chi connectivity index (χ2v) is 14.3. The van der Waals surface area contributed by atoms with E-state index in [1.807, 2.05) is 12.1 Å². The van der Waals surface area contributed by atoms with Gasteiger partial charge in [0.25, 0.3) is 0 Å². The maximum absolute atomic E-state index is 6.59. The quantitative estimate of drug-likeness (QED) is 0.174. The minimum Gasteiger partial charge on any atom is -0.456 e. The Hall–Kier alpha value is -7.23. The molecule has 0 atom stereocenters. The van der Waals surface area contributed by atoms with E-state index in [0.29, 0.717) is 0 Å². The van der Waals surface area contributed by atoms with Gasteiger partial charge in [-0.05, 0) is 115 Å². The van der Waals surface area contributed by atoms with E-state index in [0.717, 1.165) is 77.5 Å². The molecule has 12 aromatic rings. The average molecular weight is 688 g/mol. The van der Waals surface area contributed by atoms with Crippen molar-refractivity contribution >= 4 is 87.0 Å². The Balaban J connectivity index is 1.10. The van der Waals surface area contributed by atoms with Crippen LogP contribution in [0.3, 0.4) is 0 Å². The highest BCUT2D eigenvalue weighted by molar-refractivity contribution is 6.28. The van der Waals surface area contributed by atoms with Crippen LogP contribution in [0, 0.1) is 0 Å². The molecular weight excluding hydrogens is 659 g/mol. The predicted molar refractivity (Wildman–Crippen MR) is 225 cm³/mol. The molecule has 54 heavy (non-hydrogen) atoms. The van der Waals surface area contributed by atoms with Gasteiger partial charge in [-0.25, -0.2) is 4.98 Å². The first-order valence-corrected chi connectivity index (χ1v) is 18.4. The van der Waals surface area contributed by atoms with Gasteiger partial charge in [-0.2, -0.15) is 0 Å². The van der Waals surface area contributed by atoms with E-state index < -0.39 is 0 Å². The number of rotatable bonds is 3. The largest absolute Gasteiger partial charge is 0.456 e. The highest BCUT2D eigenvalue weighted by Gasteiger charge is 2.17. The van der Waals surface area contributed by atoms with Crippen LogP contribution in [0.25, 0.3) is 121 Å². The monoisotopic (exact) mass is 687 g/mol. The van der Waals surface area contributed by atoms with Gasteiger partial charge < -0.3 is 8.83 Å². The second kappa shape index (κ2) is 11.1. The van der Waals surface area contributed by atoms with E-state index in [1.165, 1.54) is 43.1 Å². The molecule has 0 amide bonds. The molecule has 3 aromatic heterocycles. The number of aromatic nitrogens is 1. The van der Waals surface area contributed by atoms with Gasteiger partial charge in [0, 0.05) is 32.7 Å². The molecular formula is C51H29NO2. The molecule has 0 spiro atoms. The number of fused-ring (bicyclic) bond motifs is 13. The summed E-state index contributed by atoms with van der Waals surface area (Å²) in [4.78, 5) is 5.36. The molecule has 9 aromatic carbocycles. The number of para-hydroxylation sites is 1. The number of hydrogen-bond acceptors (Lipinski definition) is 3. The number of furan rings is 2. The third-order valence-electron chi connectivity index (χ3n) is 11.2. The molecule has 0 fully saturated rings. The van der Waals surface area contributed by atoms with Gasteiger partial charge in [0.05, 0.1) is 11.4 Å². The lowest BCUT2D eigenvalue weighted by Crippen LogP contribution is -1.92. The van der Waals surface area contributed by atoms with Gasteiger partial charge in [-0.1, -0.05) is 115 Å². The summed E-state index contributed by atoms with van der Waals surface area (Å²) in [5.74, 6) is 0. The van der Waals surface area contributed by atoms with Crippen molar-refractivity contribution in [3.63, 3.8) is 0 Å². The summed E-state index contributed by atoms with van der Waals surface area (Å²) < 4.78 is 12.8. The summed E-state index contributed by atoms with van der Waals surface area (Å²) >= 11 is 0. The van der Waals surface area contributed by atoms with Crippen molar-refractivity contribution in [3.05, 3.63) is 176 Å². The minimum absolute atomic E-state index is 0.871. The summed E-state index contributed by atoms with van der Waals surface area (Å²) in [6.07, 6.45) is 0. The Morgan fingerprint density at radius 3 is 1.57 bits per heavy atom. The maximum atomic E-state index is 6.59. The third kappa shape index (κ3) is 4.33. The highest BCUT2D eigenvalue weighted by atomic mass is 16.3. The maximum Gasteiger partial charge on any atom is 0.136 e. The van der Waals surface area contributed by atoms with Gasteiger partial charge in [0.15, 0.2) is 0 Å². The Morgan fingerprint density at radius 1 is 0.278 bits per heavy atom. The van der Waals surface area contributed by atoms with Crippen molar-refractivity contribution < 1.29 is 8.83 Å². The molecule has 3 heterocycles. The summed E-state index contributed by atoms with van der Waals surface area (Å²) in [5, 5.41) is 14.2. The fourth-order valence-electron chi connectivity index (χ4n) is 8.67. The summed E-state index contributed by atoms with van der Waals surface area (Å²) in [5.41, 5.74) is 9.70. The molecule has 0 saturated carbocycles. The summed E-state index contributed by atoms with van der Waals surface area (Å²) in [6, 6.07) is 62.6. The van der Waals surface area contributed by atoms with E-state index in [-0.39, 0.29) is 0 Å². The molecule has 3 heteroatoms. The van der Waals surface area contributed by atoms with Crippen LogP contribution in [0.5, 0.6) is 0 Å². The number of benzene rings is 9. The van der Waals surface area contributed by atoms with E-state index in [4.69, 9.17) is 13.8 Å². The average Bonchev–Trinajstić information content (AvgIpc) is 3.80. The Labute approximate surface area is 309 Å². The van der Waals surface area contributed by atoms with Crippen molar-refractivity contribution in [1.82, 2.24) is 4.98 Å². The Bertz CT molecular complexity index is 3510. The van der Waals surface area contributed by atoms with Gasteiger partial charge in [0.2, 0.25) is 0 Å². The van der Waals surface area contributed by atoms with Gasteiger partial charge in [-0.3, -0.25) is 0 Å². The van der Waals surface area contributed by atoms with Gasteiger partial charge in [0.1, 0.15) is 22.3 Å². The van der Waals surface area contributed by atoms with E-state index in [9.17, 15) is 0 Å². The van der Waals surface area contributed by atoms with Crippen LogP contribution in [-0.4, -0.2) is 4.98 Å². The molecule has 0 N–H and O–H groups in total. The van der Waals surface area contributed by atoms with Crippen LogP contribution in [0.1, 0.15) is 0 Å². The smallest absolute Gasteiger partial charge is 0.136 e. The van der Waals surface area contributed by atoms with Gasteiger partial charge >= 0.3 is 0 Å². The predicted octanol–water partition coefficient (Wildman–Crippen LogP) is 14.5. The van der Waals surface area contributed by atoms with Crippen LogP contribution in [0.2, 0.25) is 0 Å². The number of pyridine rings is 1. The van der Waals surface area contributed by atoms with Crippen LogP contribution < -0.4 is 0 Å². The van der Waals surface area contributed by atoms with Crippen LogP contribution in [-0.2, 0) is 0 Å². The van der Waals surface area contributed by atoms with Crippen LogP contribution in [0.15, 0.2) is 185 Å². The Morgan fingerprint density at radius 2 is 0.796 bits per heavy atom. The zero-order chi connectivity index (χ0) is 35.3. The third-order valence-corrected chi connectivity index (χ3v) is 11.2. The lowest BCUT2D eigenvalue weighted by Gasteiger charge is -2.12. The molecule has 0 aliphatic heterocycles. The molecule has 0 aliphatic carbocycles. The minimum atomic E-state index is 0.871. The highest BCUT2D eigenvalue weighted by Crippen LogP contribution is 2.42. The number of nitrogens with zero attached hydrogens (tertiary/aromatic N) is 1. The van der Waals surface area contributed by atoms with E-state index in [1.54, 1.807) is 0 Å². The molecule has 0 saturated heterocycles. The van der Waals surface area contributed by atoms with E-state index in [2.05, 4.69) is 164 Å². The number of hydrogen-bond donors (Lipinski definition) is 0. The topological polar surface area (TPSA) is 39.2 Å². The lowest BCUT2D eigenvalue weighted by molar-refractivity contribution is 0.669. The van der Waals surface area contributed by atoms with Crippen LogP contribution >= 0.6 is 0 Å². The van der Waals surface area contributed by atoms with Gasteiger partial charge in [-0.15, -0.1) is 0 Å². The first-order valence-electron chi connectivity index (χ1n) is 18.4. The Kier molecular flexibility index (Phi) is 6.05. The zero-order valence-electron chi connectivity index (χ0n) is 29.0. The fraction of sp³-hybridized carbons (Fsp3) is 0. The molecule has 0 radical (unpaired) electrons. The fourth-order valence-corrected chi connectivity index (χ4v) is 8.67. The van der Waals surface area contributed by atoms with Crippen molar-refractivity contribution in [2.24, 2.45) is 0 Å². The van der Waals surface area contributed by atoms with Crippen molar-refractivity contribution in [1.29, 1.82) is 0 Å². The molecule has 0 bridgehead atoms. The van der Waals surface area contributed by atoms with Crippen molar-refractivity contribution in [3.8, 4) is 33.6 Å². The SMILES string of the molecule is c1ccc2c(-c3cc(-c4ccc5oc6cc7c8ccccc8c8ccccc8c7cc6c5c4)cc(-c4ccc5oc6ccccc6c5c4)n3)cccc2c1. The molecule has 12 rings (SSSR count). The standard InChI is InChI=1S/C51H29NO2/c1-2-12-34-30(10-1)11-9-18-39(34)47-27-33(26-46(52-47)32-21-23-49-43(25-32)40-17-7-8-19-48(40)53-49)31-20-22-50-44(24-31)45-28-41-37-15-5-3-13-35(37)36-14-4-6-16-38(36)42(41)29-51(45)54-50/h1-29H. The van der Waals surface area contributed by atoms with Crippen molar-refractivity contribution in [2.45, 2.75) is 0 Å². The van der Waals surface area contributed by atoms with Crippen molar-refractivity contribution in [2.75, 3.05) is 0 Å². The summed E-state index contributed by atoms with van der Waals surface area (Å²) in [7, 11) is 0. The summed E-state index contributed by atoms with van der Waals surface area (Å²) in [6.45, 7) is 0. The first kappa shape index (κ1) is 29.4. The molecule has 0 unspecified atom stereocenters. The zero-order valence-corrected chi connectivity index (χ0v) is 29.0. The molecule has 0 aliphatic rings. The second-order valence-electron chi connectivity index (χ2n) is 14.3. The lowest BCUT2D eigenvalue weighted by atomic mass is 9.93. The normalized spacial score (nSPS) is 12.1. The van der Waals surface area contributed by atoms with E-state index >= 15 is 0 Å². The van der Waals surface area contributed by atoms with Crippen LogP contribution in [0.4, 0.5) is 0 Å². The molecule has 250 valence electrons. The molecule has 3 nitrogen and oxygen atoms in total. The first-order chi connectivity index (χ1) is 26.7.